The Balaban J connectivity index is 1.16. The molecule has 9 nitrogen and oxygen atoms in total. The van der Waals surface area contributed by atoms with E-state index in [0.717, 1.165) is 39.0 Å². The van der Waals surface area contributed by atoms with Crippen molar-refractivity contribution in [3.05, 3.63) is 83.6 Å². The van der Waals surface area contributed by atoms with Crippen molar-refractivity contribution in [1.82, 2.24) is 19.7 Å². The summed E-state index contributed by atoms with van der Waals surface area (Å²) in [5, 5.41) is 34.5. The predicted octanol–water partition coefficient (Wildman–Crippen LogP) is 4.94. The number of fused-ring (bicyclic) bond motifs is 1. The van der Waals surface area contributed by atoms with Gasteiger partial charge in [0.1, 0.15) is 12.2 Å². The van der Waals surface area contributed by atoms with E-state index in [1.165, 1.54) is 0 Å². The first-order valence-corrected chi connectivity index (χ1v) is 14.3. The Morgan fingerprint density at radius 3 is 2.43 bits per heavy atom. The zero-order valence-corrected chi connectivity index (χ0v) is 24.1. The van der Waals surface area contributed by atoms with Crippen molar-refractivity contribution in [3.8, 4) is 34.0 Å². The third kappa shape index (κ3) is 6.21. The van der Waals surface area contributed by atoms with Crippen LogP contribution in [-0.2, 0) is 11.2 Å². The number of ether oxygens (including phenoxy) is 2. The summed E-state index contributed by atoms with van der Waals surface area (Å²) in [5.41, 5.74) is 6.55. The molecule has 1 saturated heterocycles. The normalized spacial score (nSPS) is 19.3. The molecule has 42 heavy (non-hydrogen) atoms. The van der Waals surface area contributed by atoms with E-state index in [4.69, 9.17) is 21.1 Å². The number of rotatable bonds is 8. The van der Waals surface area contributed by atoms with Gasteiger partial charge in [0, 0.05) is 24.6 Å². The average molecular weight is 589 g/mol. The zero-order valence-electron chi connectivity index (χ0n) is 23.4. The minimum atomic E-state index is -0.796. The number of benzene rings is 3. The van der Waals surface area contributed by atoms with Gasteiger partial charge >= 0.3 is 0 Å². The van der Waals surface area contributed by atoms with Crippen LogP contribution in [0.15, 0.2) is 73.1 Å². The predicted molar refractivity (Wildman–Crippen MR) is 161 cm³/mol. The van der Waals surface area contributed by atoms with Crippen molar-refractivity contribution < 1.29 is 24.8 Å². The lowest BCUT2D eigenvalue weighted by Gasteiger charge is -2.31. The number of imidazole rings is 1. The van der Waals surface area contributed by atoms with Crippen LogP contribution in [0.2, 0.25) is 5.02 Å². The van der Waals surface area contributed by atoms with Crippen LogP contribution in [0.25, 0.3) is 39.0 Å². The van der Waals surface area contributed by atoms with Crippen LogP contribution >= 0.6 is 11.6 Å². The number of aliphatic hydroxyl groups excluding tert-OH is 2. The summed E-state index contributed by atoms with van der Waals surface area (Å²) in [7, 11) is 0. The summed E-state index contributed by atoms with van der Waals surface area (Å²) in [6.07, 6.45) is 2.85. The highest BCUT2D eigenvalue weighted by atomic mass is 35.5. The van der Waals surface area contributed by atoms with Gasteiger partial charge in [-0.05, 0) is 60.4 Å². The van der Waals surface area contributed by atoms with Crippen LogP contribution in [0.5, 0.6) is 6.01 Å². The van der Waals surface area contributed by atoms with Crippen molar-refractivity contribution in [2.45, 2.75) is 50.6 Å². The Morgan fingerprint density at radius 1 is 1.07 bits per heavy atom. The van der Waals surface area contributed by atoms with Gasteiger partial charge in [0.25, 0.3) is 6.01 Å². The van der Waals surface area contributed by atoms with Crippen molar-refractivity contribution in [3.63, 3.8) is 0 Å². The van der Waals surface area contributed by atoms with Gasteiger partial charge in [0.15, 0.2) is 0 Å². The van der Waals surface area contributed by atoms with Gasteiger partial charge in [-0.15, -0.1) is 0 Å². The third-order valence-electron chi connectivity index (χ3n) is 7.37. The van der Waals surface area contributed by atoms with Gasteiger partial charge < -0.3 is 29.8 Å². The largest absolute Gasteiger partial charge is 0.459 e. The fourth-order valence-corrected chi connectivity index (χ4v) is 5.54. The van der Waals surface area contributed by atoms with Gasteiger partial charge in [-0.1, -0.05) is 48.0 Å². The summed E-state index contributed by atoms with van der Waals surface area (Å²) in [6.45, 7) is 3.60. The molecule has 3 unspecified atom stereocenters. The fraction of sp³-hybridized carbons (Fsp3) is 0.312. The van der Waals surface area contributed by atoms with Crippen LogP contribution in [0.1, 0.15) is 25.8 Å². The molecule has 0 spiro atoms. The summed E-state index contributed by atoms with van der Waals surface area (Å²) in [6, 6.07) is 20.4. The van der Waals surface area contributed by atoms with E-state index in [-0.39, 0.29) is 19.3 Å². The van der Waals surface area contributed by atoms with Crippen molar-refractivity contribution in [2.24, 2.45) is 0 Å². The van der Waals surface area contributed by atoms with Gasteiger partial charge in [-0.3, -0.25) is 0 Å². The summed E-state index contributed by atoms with van der Waals surface area (Å²) in [5.74, 6) is 0. The standard InChI is InChI=1S/C32H33ClN4O5/c1-32(2,40)14-19-15-34-37(16-19)23-9-7-21(8-10-23)20-3-5-22(6-4-20)25-12-27-28(13-26(25)33)36-31(35-27)42-24-11-29(39)30(17-38)41-18-24/h3-10,12-13,15-16,24,29-30,38-40H,11,14,17-18H2,1-2H3,(H,35,36). The molecule has 0 bridgehead atoms. The number of aliphatic hydroxyl groups is 3. The topological polar surface area (TPSA) is 126 Å². The molecule has 218 valence electrons. The second-order valence-electron chi connectivity index (χ2n) is 11.4. The molecule has 1 fully saturated rings. The highest BCUT2D eigenvalue weighted by Crippen LogP contribution is 2.34. The van der Waals surface area contributed by atoms with E-state index in [1.807, 2.05) is 47.3 Å². The van der Waals surface area contributed by atoms with E-state index in [9.17, 15) is 15.3 Å². The third-order valence-corrected chi connectivity index (χ3v) is 7.68. The Hall–Kier alpha value is -3.73. The molecule has 1 aliphatic rings. The lowest BCUT2D eigenvalue weighted by molar-refractivity contribution is -0.131. The minimum absolute atomic E-state index is 0.231. The van der Waals surface area contributed by atoms with E-state index < -0.39 is 17.8 Å². The Kier molecular flexibility index (Phi) is 7.78. The second-order valence-corrected chi connectivity index (χ2v) is 11.8. The molecule has 0 saturated carbocycles. The smallest absolute Gasteiger partial charge is 0.294 e. The van der Waals surface area contributed by atoms with E-state index in [2.05, 4.69) is 39.3 Å². The van der Waals surface area contributed by atoms with Gasteiger partial charge in [0.05, 0.1) is 52.9 Å². The summed E-state index contributed by atoms with van der Waals surface area (Å²) < 4.78 is 13.2. The Labute approximate surface area is 248 Å². The van der Waals surface area contributed by atoms with Crippen LogP contribution in [0, 0.1) is 0 Å². The van der Waals surface area contributed by atoms with Crippen LogP contribution in [-0.4, -0.2) is 72.2 Å². The Bertz CT molecular complexity index is 1670. The Morgan fingerprint density at radius 2 is 1.76 bits per heavy atom. The molecule has 2 aromatic heterocycles. The maximum absolute atomic E-state index is 10.1. The van der Waals surface area contributed by atoms with Crippen LogP contribution in [0.4, 0.5) is 0 Å². The van der Waals surface area contributed by atoms with E-state index in [0.29, 0.717) is 29.4 Å². The lowest BCUT2D eigenvalue weighted by Crippen LogP contribution is -2.45. The molecular weight excluding hydrogens is 556 g/mol. The lowest BCUT2D eigenvalue weighted by atomic mass is 10.00. The highest BCUT2D eigenvalue weighted by molar-refractivity contribution is 6.34. The zero-order chi connectivity index (χ0) is 29.4. The molecule has 10 heteroatoms. The highest BCUT2D eigenvalue weighted by Gasteiger charge is 2.31. The first-order valence-electron chi connectivity index (χ1n) is 13.9. The average Bonchev–Trinajstić information content (AvgIpc) is 3.58. The molecule has 5 aromatic rings. The number of nitrogens with zero attached hydrogens (tertiary/aromatic N) is 3. The number of aromatic nitrogens is 4. The first-order chi connectivity index (χ1) is 20.1. The number of nitrogens with one attached hydrogen (secondary N) is 1. The maximum atomic E-state index is 10.1. The molecule has 3 heterocycles. The monoisotopic (exact) mass is 588 g/mol. The number of hydrogen-bond donors (Lipinski definition) is 4. The number of aromatic amines is 1. The minimum Gasteiger partial charge on any atom is -0.459 e. The van der Waals surface area contributed by atoms with Crippen LogP contribution < -0.4 is 4.74 Å². The molecule has 4 N–H and O–H groups in total. The number of halogens is 1. The maximum Gasteiger partial charge on any atom is 0.294 e. The first kappa shape index (κ1) is 28.4. The summed E-state index contributed by atoms with van der Waals surface area (Å²) in [4.78, 5) is 7.71. The molecule has 0 radical (unpaired) electrons. The fourth-order valence-electron chi connectivity index (χ4n) is 5.27. The molecular formula is C32H33ClN4O5. The van der Waals surface area contributed by atoms with Gasteiger partial charge in [0.2, 0.25) is 0 Å². The molecule has 1 aliphatic heterocycles. The van der Waals surface area contributed by atoms with Gasteiger partial charge in [-0.25, -0.2) is 4.68 Å². The van der Waals surface area contributed by atoms with Crippen LogP contribution in [0.3, 0.4) is 0 Å². The molecule has 6 rings (SSSR count). The molecule has 0 aliphatic carbocycles. The van der Waals surface area contributed by atoms with E-state index >= 15 is 0 Å². The van der Waals surface area contributed by atoms with E-state index in [1.54, 1.807) is 20.0 Å². The van der Waals surface area contributed by atoms with Crippen molar-refractivity contribution >= 4 is 22.6 Å². The molecule has 3 atom stereocenters. The second kappa shape index (κ2) is 11.5. The van der Waals surface area contributed by atoms with Gasteiger partial charge in [-0.2, -0.15) is 10.1 Å². The van der Waals surface area contributed by atoms with Crippen molar-refractivity contribution in [1.29, 1.82) is 0 Å². The quantitative estimate of drug-likeness (QED) is 0.202. The van der Waals surface area contributed by atoms with Crippen molar-refractivity contribution in [2.75, 3.05) is 13.2 Å². The number of H-pyrrole nitrogens is 1. The SMILES string of the molecule is CC(C)(O)Cc1cnn(-c2ccc(-c3ccc(-c4cc5nc(OC6COC(CO)C(O)C6)[nH]c5cc4Cl)cc3)cc2)c1. The molecule has 0 amide bonds. The number of hydrogen-bond acceptors (Lipinski definition) is 7. The summed E-state index contributed by atoms with van der Waals surface area (Å²) >= 11 is 6.67. The molecule has 3 aromatic carbocycles.